The molecule has 0 aliphatic rings. The van der Waals surface area contributed by atoms with Gasteiger partial charge in [0.1, 0.15) is 5.75 Å². The van der Waals surface area contributed by atoms with Crippen molar-refractivity contribution < 1.29 is 19.7 Å². The average Bonchev–Trinajstić information content (AvgIpc) is 1.94. The maximum atomic E-state index is 10.5. The molecule has 0 unspecified atom stereocenters. The molecule has 2 N–H and O–H groups in total. The van der Waals surface area contributed by atoms with Crippen molar-refractivity contribution in [1.82, 2.24) is 0 Å². The van der Waals surface area contributed by atoms with Gasteiger partial charge < -0.3 is 15.4 Å². The van der Waals surface area contributed by atoms with Crippen LogP contribution in [0.1, 0.15) is 10.4 Å². The molecule has 1 heterocycles. The summed E-state index contributed by atoms with van der Waals surface area (Å²) in [6.45, 7) is 0. The van der Waals surface area contributed by atoms with Crippen LogP contribution in [0.25, 0.3) is 0 Å². The highest BCUT2D eigenvalue weighted by Crippen LogP contribution is 2.12. The highest BCUT2D eigenvalue weighted by atomic mass is 16.5. The van der Waals surface area contributed by atoms with Gasteiger partial charge in [-0.2, -0.15) is 4.73 Å². The van der Waals surface area contributed by atoms with Gasteiger partial charge in [0.15, 0.2) is 18.0 Å². The van der Waals surface area contributed by atoms with E-state index >= 15 is 0 Å². The lowest BCUT2D eigenvalue weighted by Gasteiger charge is -1.98. The normalized spacial score (nSPS) is 9.45. The van der Waals surface area contributed by atoms with Gasteiger partial charge in [-0.3, -0.25) is 0 Å². The number of aromatic hydroxyl groups is 1. The number of hydrogen-bond acceptors (Lipinski definition) is 3. The van der Waals surface area contributed by atoms with Crippen molar-refractivity contribution in [2.24, 2.45) is 0 Å². The summed E-state index contributed by atoms with van der Waals surface area (Å²) >= 11 is 0. The molecule has 0 saturated carbocycles. The third-order valence-electron chi connectivity index (χ3n) is 1.14. The van der Waals surface area contributed by atoms with E-state index in [9.17, 15) is 10.0 Å². The molecular formula is C6H5NO4. The van der Waals surface area contributed by atoms with Gasteiger partial charge in [0.2, 0.25) is 0 Å². The summed E-state index contributed by atoms with van der Waals surface area (Å²) in [5.74, 6) is -1.74. The molecule has 1 aromatic rings. The molecule has 0 saturated heterocycles. The van der Waals surface area contributed by atoms with Crippen molar-refractivity contribution in [3.05, 3.63) is 29.2 Å². The van der Waals surface area contributed by atoms with Crippen LogP contribution in [-0.2, 0) is 0 Å². The third-order valence-corrected chi connectivity index (χ3v) is 1.14. The Morgan fingerprint density at radius 3 is 2.73 bits per heavy atom. The van der Waals surface area contributed by atoms with Crippen LogP contribution in [0.5, 0.6) is 5.75 Å². The highest BCUT2D eigenvalue weighted by molar-refractivity contribution is 5.89. The number of pyridine rings is 1. The Labute approximate surface area is 61.7 Å². The van der Waals surface area contributed by atoms with Gasteiger partial charge in [-0.05, 0) is 0 Å². The Balaban J connectivity index is 3.23. The molecule has 0 atom stereocenters. The predicted octanol–water partition coefficient (Wildman–Crippen LogP) is -0.276. The minimum Gasteiger partial charge on any atom is -0.619 e. The molecule has 0 bridgehead atoms. The van der Waals surface area contributed by atoms with E-state index in [2.05, 4.69) is 0 Å². The molecule has 11 heavy (non-hydrogen) atoms. The molecule has 0 spiro atoms. The van der Waals surface area contributed by atoms with Crippen LogP contribution in [-0.4, -0.2) is 16.2 Å². The predicted molar refractivity (Wildman–Crippen MR) is 34.0 cm³/mol. The number of hydrogen-bond donors (Lipinski definition) is 2. The second-order valence-corrected chi connectivity index (χ2v) is 1.91. The van der Waals surface area contributed by atoms with Gasteiger partial charge in [0.25, 0.3) is 0 Å². The first-order chi connectivity index (χ1) is 5.11. The minimum atomic E-state index is -1.33. The zero-order chi connectivity index (χ0) is 8.43. The summed E-state index contributed by atoms with van der Waals surface area (Å²) in [5, 5.41) is 27.7. The topological polar surface area (TPSA) is 84.5 Å². The van der Waals surface area contributed by atoms with Gasteiger partial charge in [-0.25, -0.2) is 4.79 Å². The summed E-state index contributed by atoms with van der Waals surface area (Å²) < 4.78 is 0.309. The first-order valence-corrected chi connectivity index (χ1v) is 2.76. The fraction of sp³-hybridized carbons (Fsp3) is 0. The standard InChI is InChI=1S/C6H5NO4/c8-5-1-2-7(11)3-4(5)6(9)10/h1-3,8H,(H,9,10). The summed E-state index contributed by atoms with van der Waals surface area (Å²) in [6.07, 6.45) is 1.80. The Morgan fingerprint density at radius 1 is 1.64 bits per heavy atom. The van der Waals surface area contributed by atoms with Crippen LogP contribution in [0, 0.1) is 5.21 Å². The zero-order valence-corrected chi connectivity index (χ0v) is 5.39. The van der Waals surface area contributed by atoms with E-state index in [1.165, 1.54) is 0 Å². The van der Waals surface area contributed by atoms with Crippen molar-refractivity contribution in [2.75, 3.05) is 0 Å². The fourth-order valence-corrected chi connectivity index (χ4v) is 0.635. The molecule has 58 valence electrons. The maximum absolute atomic E-state index is 10.5. The van der Waals surface area contributed by atoms with E-state index in [0.29, 0.717) is 4.73 Å². The van der Waals surface area contributed by atoms with Gasteiger partial charge >= 0.3 is 5.97 Å². The largest absolute Gasteiger partial charge is 0.619 e. The van der Waals surface area contributed by atoms with E-state index in [4.69, 9.17) is 10.2 Å². The van der Waals surface area contributed by atoms with Gasteiger partial charge in [0, 0.05) is 6.07 Å². The van der Waals surface area contributed by atoms with Crippen molar-refractivity contribution in [1.29, 1.82) is 0 Å². The van der Waals surface area contributed by atoms with Crippen molar-refractivity contribution in [2.45, 2.75) is 0 Å². The van der Waals surface area contributed by atoms with Crippen molar-refractivity contribution in [3.63, 3.8) is 0 Å². The molecule has 1 rings (SSSR count). The van der Waals surface area contributed by atoms with E-state index in [0.717, 1.165) is 18.5 Å². The summed E-state index contributed by atoms with van der Waals surface area (Å²) in [5.41, 5.74) is -0.400. The lowest BCUT2D eigenvalue weighted by Crippen LogP contribution is -2.25. The number of carboxylic acids is 1. The van der Waals surface area contributed by atoms with Crippen molar-refractivity contribution >= 4 is 5.97 Å². The molecule has 0 fully saturated rings. The molecule has 0 aliphatic heterocycles. The van der Waals surface area contributed by atoms with E-state index < -0.39 is 17.3 Å². The molecule has 0 aromatic carbocycles. The third kappa shape index (κ3) is 1.37. The Bertz CT molecular complexity index is 297. The van der Waals surface area contributed by atoms with Crippen LogP contribution >= 0.6 is 0 Å². The summed E-state index contributed by atoms with van der Waals surface area (Å²) in [4.78, 5) is 10.3. The molecule has 1 aromatic heterocycles. The molecule has 0 amide bonds. The quantitative estimate of drug-likeness (QED) is 0.431. The highest BCUT2D eigenvalue weighted by Gasteiger charge is 2.12. The van der Waals surface area contributed by atoms with Crippen LogP contribution in [0.3, 0.4) is 0 Å². The lowest BCUT2D eigenvalue weighted by atomic mass is 10.3. The number of aromatic nitrogens is 1. The number of aromatic carboxylic acids is 1. The number of carboxylic acid groups (broad SMARTS) is 1. The average molecular weight is 155 g/mol. The van der Waals surface area contributed by atoms with E-state index in [1.807, 2.05) is 0 Å². The van der Waals surface area contributed by atoms with Crippen LogP contribution in [0.15, 0.2) is 18.5 Å². The SMILES string of the molecule is O=C(O)c1c[n+]([O-])ccc1O. The smallest absolute Gasteiger partial charge is 0.345 e. The second-order valence-electron chi connectivity index (χ2n) is 1.91. The first-order valence-electron chi connectivity index (χ1n) is 2.76. The molecule has 5 heteroatoms. The fourth-order valence-electron chi connectivity index (χ4n) is 0.635. The van der Waals surface area contributed by atoms with Crippen LogP contribution in [0.2, 0.25) is 0 Å². The summed E-state index contributed by atoms with van der Waals surface area (Å²) in [7, 11) is 0. The minimum absolute atomic E-state index is 0.309. The van der Waals surface area contributed by atoms with E-state index in [1.54, 1.807) is 0 Å². The number of nitrogens with zero attached hydrogens (tertiary/aromatic N) is 1. The van der Waals surface area contributed by atoms with E-state index in [-0.39, 0.29) is 0 Å². The van der Waals surface area contributed by atoms with Gasteiger partial charge in [-0.1, -0.05) is 0 Å². The molecule has 0 radical (unpaired) electrons. The van der Waals surface area contributed by atoms with Gasteiger partial charge in [0.05, 0.1) is 0 Å². The summed E-state index contributed by atoms with van der Waals surface area (Å²) in [6, 6.07) is 1.02. The second kappa shape index (κ2) is 2.45. The van der Waals surface area contributed by atoms with Crippen molar-refractivity contribution in [3.8, 4) is 5.75 Å². The Hall–Kier alpha value is -1.78. The monoisotopic (exact) mass is 155 g/mol. The number of carbonyl (C=O) groups is 1. The maximum Gasteiger partial charge on any atom is 0.345 e. The zero-order valence-electron chi connectivity index (χ0n) is 5.39. The van der Waals surface area contributed by atoms with Crippen LogP contribution in [0.4, 0.5) is 0 Å². The molecule has 5 nitrogen and oxygen atoms in total. The molecular weight excluding hydrogens is 150 g/mol. The van der Waals surface area contributed by atoms with Gasteiger partial charge in [-0.15, -0.1) is 0 Å². The first kappa shape index (κ1) is 7.33. The van der Waals surface area contributed by atoms with Crippen LogP contribution < -0.4 is 4.73 Å². The molecule has 0 aliphatic carbocycles. The Kier molecular flexibility index (Phi) is 1.63. The number of rotatable bonds is 1. The lowest BCUT2D eigenvalue weighted by molar-refractivity contribution is -0.605. The Morgan fingerprint density at radius 2 is 2.27 bits per heavy atom.